The molecule has 0 spiro atoms. The summed E-state index contributed by atoms with van der Waals surface area (Å²) >= 11 is 6.10. The maximum absolute atomic E-state index is 13.0. The fourth-order valence-electron chi connectivity index (χ4n) is 4.08. The van der Waals surface area contributed by atoms with E-state index in [9.17, 15) is 9.59 Å². The minimum Gasteiger partial charge on any atom is -0.368 e. The molecule has 7 nitrogen and oxygen atoms in total. The Morgan fingerprint density at radius 3 is 2.42 bits per heavy atom. The molecule has 1 fully saturated rings. The summed E-state index contributed by atoms with van der Waals surface area (Å²) in [5.41, 5.74) is 2.98. The van der Waals surface area contributed by atoms with Crippen LogP contribution in [0.25, 0.3) is 10.9 Å². The van der Waals surface area contributed by atoms with Crippen molar-refractivity contribution in [2.75, 3.05) is 31.1 Å². The summed E-state index contributed by atoms with van der Waals surface area (Å²) in [6, 6.07) is 22.3. The smallest absolute Gasteiger partial charge is 0.277 e. The highest BCUT2D eigenvalue weighted by Crippen LogP contribution is 2.21. The van der Waals surface area contributed by atoms with Crippen molar-refractivity contribution in [3.8, 4) is 0 Å². The van der Waals surface area contributed by atoms with Crippen molar-refractivity contribution in [1.29, 1.82) is 0 Å². The fraction of sp³-hybridized carbons (Fsp3) is 0.200. The molecule has 8 heteroatoms. The van der Waals surface area contributed by atoms with Gasteiger partial charge in [0.05, 0.1) is 11.9 Å². The Bertz CT molecular complexity index is 1360. The zero-order valence-corrected chi connectivity index (χ0v) is 18.7. The first-order valence-corrected chi connectivity index (χ1v) is 11.2. The summed E-state index contributed by atoms with van der Waals surface area (Å²) in [6.07, 6.45) is 0. The highest BCUT2D eigenvalue weighted by molar-refractivity contribution is 6.30. The van der Waals surface area contributed by atoms with Crippen LogP contribution in [-0.4, -0.2) is 52.0 Å². The third-order valence-electron chi connectivity index (χ3n) is 5.90. The number of nitrogens with zero attached hydrogens (tertiary/aromatic N) is 5. The number of carbonyl (C=O) groups excluding carboxylic acids is 1. The van der Waals surface area contributed by atoms with Gasteiger partial charge < -0.3 is 9.80 Å². The summed E-state index contributed by atoms with van der Waals surface area (Å²) in [7, 11) is 0. The van der Waals surface area contributed by atoms with Gasteiger partial charge in [-0.05, 0) is 48.0 Å². The Labute approximate surface area is 195 Å². The van der Waals surface area contributed by atoms with Crippen molar-refractivity contribution < 1.29 is 4.79 Å². The molecule has 4 aromatic rings. The SMILES string of the molecule is O=C(c1ccc(Cn2nnc3ccccc3c2=O)cc1)N1CCN(c2cccc(Cl)c2)CC1. The zero-order chi connectivity index (χ0) is 22.8. The van der Waals surface area contributed by atoms with Crippen molar-refractivity contribution in [3.63, 3.8) is 0 Å². The lowest BCUT2D eigenvalue weighted by Crippen LogP contribution is -2.48. The first-order chi connectivity index (χ1) is 16.1. The number of anilines is 1. The summed E-state index contributed by atoms with van der Waals surface area (Å²) in [5.74, 6) is 0.00922. The molecule has 2 heterocycles. The number of amides is 1. The van der Waals surface area contributed by atoms with Crippen molar-refractivity contribution in [3.05, 3.63) is 99.3 Å². The van der Waals surface area contributed by atoms with Gasteiger partial charge in [0.2, 0.25) is 0 Å². The van der Waals surface area contributed by atoms with Gasteiger partial charge in [0, 0.05) is 42.5 Å². The molecule has 1 aliphatic rings. The number of hydrogen-bond acceptors (Lipinski definition) is 5. The van der Waals surface area contributed by atoms with E-state index >= 15 is 0 Å². The molecular weight excluding hydrogens is 438 g/mol. The molecule has 5 rings (SSSR count). The van der Waals surface area contributed by atoms with Gasteiger partial charge >= 0.3 is 0 Å². The molecule has 166 valence electrons. The molecule has 0 saturated carbocycles. The first-order valence-electron chi connectivity index (χ1n) is 10.8. The number of fused-ring (bicyclic) bond motifs is 1. The minimum absolute atomic E-state index is 0.00922. The number of hydrogen-bond donors (Lipinski definition) is 0. The van der Waals surface area contributed by atoms with E-state index in [-0.39, 0.29) is 11.5 Å². The Morgan fingerprint density at radius 1 is 0.909 bits per heavy atom. The molecule has 3 aromatic carbocycles. The van der Waals surface area contributed by atoms with E-state index in [0.717, 1.165) is 24.3 Å². The van der Waals surface area contributed by atoms with Gasteiger partial charge in [-0.25, -0.2) is 4.68 Å². The summed E-state index contributed by atoms with van der Waals surface area (Å²) in [4.78, 5) is 29.7. The van der Waals surface area contributed by atoms with E-state index in [1.165, 1.54) is 4.68 Å². The summed E-state index contributed by atoms with van der Waals surface area (Å²) in [6.45, 7) is 3.11. The van der Waals surface area contributed by atoms with Crippen LogP contribution in [0.4, 0.5) is 5.69 Å². The van der Waals surface area contributed by atoms with Gasteiger partial charge in [-0.1, -0.05) is 47.1 Å². The number of rotatable bonds is 4. The van der Waals surface area contributed by atoms with Crippen molar-refractivity contribution >= 4 is 34.1 Å². The van der Waals surface area contributed by atoms with Crippen LogP contribution in [0.5, 0.6) is 0 Å². The average Bonchev–Trinajstić information content (AvgIpc) is 2.86. The third-order valence-corrected chi connectivity index (χ3v) is 6.14. The molecule has 1 aromatic heterocycles. The van der Waals surface area contributed by atoms with E-state index in [1.54, 1.807) is 24.3 Å². The van der Waals surface area contributed by atoms with Crippen molar-refractivity contribution in [2.24, 2.45) is 0 Å². The quantitative estimate of drug-likeness (QED) is 0.467. The van der Waals surface area contributed by atoms with Crippen LogP contribution in [0.15, 0.2) is 77.6 Å². The molecule has 1 aliphatic heterocycles. The lowest BCUT2D eigenvalue weighted by molar-refractivity contribution is 0.0747. The lowest BCUT2D eigenvalue weighted by atomic mass is 10.1. The van der Waals surface area contributed by atoms with Crippen LogP contribution in [0.1, 0.15) is 15.9 Å². The van der Waals surface area contributed by atoms with Crippen molar-refractivity contribution in [2.45, 2.75) is 6.54 Å². The van der Waals surface area contributed by atoms with Crippen LogP contribution >= 0.6 is 11.6 Å². The van der Waals surface area contributed by atoms with Crippen LogP contribution in [0.3, 0.4) is 0 Å². The molecule has 0 atom stereocenters. The summed E-state index contributed by atoms with van der Waals surface area (Å²) < 4.78 is 1.34. The fourth-order valence-corrected chi connectivity index (χ4v) is 4.26. The van der Waals surface area contributed by atoms with E-state index in [4.69, 9.17) is 11.6 Å². The topological polar surface area (TPSA) is 71.3 Å². The monoisotopic (exact) mass is 459 g/mol. The molecule has 1 saturated heterocycles. The first kappa shape index (κ1) is 21.2. The number of carbonyl (C=O) groups is 1. The van der Waals surface area contributed by atoms with Gasteiger partial charge in [-0.3, -0.25) is 9.59 Å². The second kappa shape index (κ2) is 9.03. The molecule has 0 bridgehead atoms. The number of benzene rings is 3. The Balaban J connectivity index is 1.24. The van der Waals surface area contributed by atoms with Gasteiger partial charge in [0.1, 0.15) is 5.52 Å². The predicted octanol–water partition coefficient (Wildman–Crippen LogP) is 3.46. The largest absolute Gasteiger partial charge is 0.368 e. The molecule has 1 amide bonds. The van der Waals surface area contributed by atoms with Crippen LogP contribution < -0.4 is 10.5 Å². The molecule has 0 radical (unpaired) electrons. The number of halogens is 1. The van der Waals surface area contributed by atoms with E-state index in [2.05, 4.69) is 15.2 Å². The Kier molecular flexibility index (Phi) is 5.79. The van der Waals surface area contributed by atoms with E-state index < -0.39 is 0 Å². The second-order valence-electron chi connectivity index (χ2n) is 8.03. The number of piperazine rings is 1. The van der Waals surface area contributed by atoms with Crippen LogP contribution in [0.2, 0.25) is 5.02 Å². The normalized spacial score (nSPS) is 14.0. The predicted molar refractivity (Wildman–Crippen MR) is 129 cm³/mol. The molecule has 0 unspecified atom stereocenters. The van der Waals surface area contributed by atoms with E-state index in [0.29, 0.717) is 41.1 Å². The highest BCUT2D eigenvalue weighted by atomic mass is 35.5. The minimum atomic E-state index is -0.182. The molecular formula is C25H22ClN5O2. The Morgan fingerprint density at radius 2 is 1.67 bits per heavy atom. The maximum atomic E-state index is 13.0. The van der Waals surface area contributed by atoms with Crippen LogP contribution in [-0.2, 0) is 6.54 Å². The van der Waals surface area contributed by atoms with Crippen molar-refractivity contribution in [1.82, 2.24) is 19.9 Å². The van der Waals surface area contributed by atoms with Gasteiger partial charge in [0.15, 0.2) is 0 Å². The molecule has 0 N–H and O–H groups in total. The number of aromatic nitrogens is 3. The van der Waals surface area contributed by atoms with Crippen LogP contribution in [0, 0.1) is 0 Å². The standard InChI is InChI=1S/C25H22ClN5O2/c26-20-4-3-5-21(16-20)29-12-14-30(15-13-29)24(32)19-10-8-18(9-11-19)17-31-25(33)22-6-1-2-7-23(22)27-28-31/h1-11,16H,12-15,17H2. The Hall–Kier alpha value is -3.71. The summed E-state index contributed by atoms with van der Waals surface area (Å²) in [5, 5.41) is 9.40. The highest BCUT2D eigenvalue weighted by Gasteiger charge is 2.22. The maximum Gasteiger partial charge on any atom is 0.277 e. The lowest BCUT2D eigenvalue weighted by Gasteiger charge is -2.36. The van der Waals surface area contributed by atoms with Gasteiger partial charge in [0.25, 0.3) is 11.5 Å². The average molecular weight is 460 g/mol. The second-order valence-corrected chi connectivity index (χ2v) is 8.46. The molecule has 33 heavy (non-hydrogen) atoms. The van der Waals surface area contributed by atoms with E-state index in [1.807, 2.05) is 53.4 Å². The van der Waals surface area contributed by atoms with Gasteiger partial charge in [-0.15, -0.1) is 5.10 Å². The zero-order valence-electron chi connectivity index (χ0n) is 17.9. The van der Waals surface area contributed by atoms with Gasteiger partial charge in [-0.2, -0.15) is 0 Å². The molecule has 0 aliphatic carbocycles. The third kappa shape index (κ3) is 4.45.